The van der Waals surface area contributed by atoms with E-state index in [0.717, 1.165) is 36.8 Å². The van der Waals surface area contributed by atoms with Crippen molar-refractivity contribution in [1.82, 2.24) is 9.80 Å². The summed E-state index contributed by atoms with van der Waals surface area (Å²) in [5, 5.41) is 11.1. The number of carbonyl (C=O) groups excluding carboxylic acids is 2. The Morgan fingerprint density at radius 1 is 0.971 bits per heavy atom. The fourth-order valence-electron chi connectivity index (χ4n) is 6.35. The first-order chi connectivity index (χ1) is 16.9. The van der Waals surface area contributed by atoms with Gasteiger partial charge in [-0.15, -0.1) is 0 Å². The zero-order chi connectivity index (χ0) is 24.6. The zero-order valence-electron chi connectivity index (χ0n) is 19.9. The summed E-state index contributed by atoms with van der Waals surface area (Å²) in [6.07, 6.45) is 7.97. The molecule has 2 saturated carbocycles. The normalized spacial score (nSPS) is 25.3. The van der Waals surface area contributed by atoms with Gasteiger partial charge in [0.05, 0.1) is 0 Å². The third-order valence-electron chi connectivity index (χ3n) is 8.31. The van der Waals surface area contributed by atoms with Crippen LogP contribution < -0.4 is 0 Å². The molecule has 5 nitrogen and oxygen atoms in total. The number of nitrogens with zero attached hydrogens (tertiary/aromatic N) is 2. The lowest BCUT2D eigenvalue weighted by atomic mass is 9.73. The lowest BCUT2D eigenvalue weighted by Crippen LogP contribution is -2.52. The molecule has 3 aliphatic rings. The summed E-state index contributed by atoms with van der Waals surface area (Å²) in [4.78, 5) is 31.0. The van der Waals surface area contributed by atoms with E-state index in [2.05, 4.69) is 0 Å². The second-order valence-corrected chi connectivity index (χ2v) is 11.2. The summed E-state index contributed by atoms with van der Waals surface area (Å²) in [5.74, 6) is 0.923. The Morgan fingerprint density at radius 2 is 1.71 bits per heavy atom. The molecular weight excluding hydrogens is 483 g/mol. The number of carbonyl (C=O) groups is 2. The van der Waals surface area contributed by atoms with E-state index in [0.29, 0.717) is 48.3 Å². The second-order valence-electron chi connectivity index (χ2n) is 10.4. The molecule has 7 heteroatoms. The van der Waals surface area contributed by atoms with Crippen molar-refractivity contribution in [2.45, 2.75) is 69.2 Å². The van der Waals surface area contributed by atoms with Gasteiger partial charge in [0.15, 0.2) is 0 Å². The number of urea groups is 1. The van der Waals surface area contributed by atoms with Crippen LogP contribution in [-0.2, 0) is 11.2 Å². The lowest BCUT2D eigenvalue weighted by Gasteiger charge is -2.41. The molecule has 1 saturated heterocycles. The Balaban J connectivity index is 1.38. The summed E-state index contributed by atoms with van der Waals surface area (Å²) in [6, 6.07) is 12.7. The molecular formula is C28H32Cl2N2O3. The van der Waals surface area contributed by atoms with E-state index in [4.69, 9.17) is 23.2 Å². The molecule has 1 N–H and O–H groups in total. The molecule has 2 aromatic rings. The SMILES string of the molecule is O=C1N(CC2CCCC2)C(=O)C2(CCC(c3cccc(O)c3)CC2)N1CCc1ccc(Cl)cc1Cl. The monoisotopic (exact) mass is 514 g/mol. The topological polar surface area (TPSA) is 60.9 Å². The van der Waals surface area contributed by atoms with Gasteiger partial charge in [0.25, 0.3) is 5.91 Å². The van der Waals surface area contributed by atoms with Gasteiger partial charge in [-0.3, -0.25) is 9.69 Å². The maximum absolute atomic E-state index is 13.9. The van der Waals surface area contributed by atoms with E-state index < -0.39 is 5.54 Å². The van der Waals surface area contributed by atoms with E-state index in [1.54, 1.807) is 17.0 Å². The maximum Gasteiger partial charge on any atom is 0.327 e. The number of amides is 3. The van der Waals surface area contributed by atoms with E-state index in [9.17, 15) is 14.7 Å². The van der Waals surface area contributed by atoms with Gasteiger partial charge in [-0.1, -0.05) is 54.2 Å². The molecule has 2 aromatic carbocycles. The predicted octanol–water partition coefficient (Wildman–Crippen LogP) is 6.79. The van der Waals surface area contributed by atoms with E-state index in [1.165, 1.54) is 12.8 Å². The Hall–Kier alpha value is -2.24. The van der Waals surface area contributed by atoms with Crippen molar-refractivity contribution in [3.63, 3.8) is 0 Å². The number of imide groups is 1. The van der Waals surface area contributed by atoms with Crippen molar-refractivity contribution in [1.29, 1.82) is 0 Å². The minimum atomic E-state index is -0.790. The van der Waals surface area contributed by atoms with Crippen molar-refractivity contribution >= 4 is 35.1 Å². The number of benzene rings is 2. The highest BCUT2D eigenvalue weighted by Crippen LogP contribution is 2.46. The molecule has 3 amide bonds. The molecule has 0 unspecified atom stereocenters. The van der Waals surface area contributed by atoms with Crippen LogP contribution in [0.3, 0.4) is 0 Å². The van der Waals surface area contributed by atoms with Gasteiger partial charge < -0.3 is 10.0 Å². The molecule has 0 aromatic heterocycles. The van der Waals surface area contributed by atoms with Crippen LogP contribution in [0, 0.1) is 5.92 Å². The summed E-state index contributed by atoms with van der Waals surface area (Å²) in [6.45, 7) is 0.984. The third kappa shape index (κ3) is 4.77. The zero-order valence-corrected chi connectivity index (χ0v) is 21.4. The molecule has 3 fully saturated rings. The van der Waals surface area contributed by atoms with Gasteiger partial charge in [-0.05, 0) is 92.2 Å². The minimum Gasteiger partial charge on any atom is -0.508 e. The summed E-state index contributed by atoms with van der Waals surface area (Å²) < 4.78 is 0. The van der Waals surface area contributed by atoms with Crippen molar-refractivity contribution in [2.24, 2.45) is 5.92 Å². The maximum atomic E-state index is 13.9. The molecule has 0 atom stereocenters. The van der Waals surface area contributed by atoms with Gasteiger partial charge in [-0.2, -0.15) is 0 Å². The van der Waals surface area contributed by atoms with Crippen LogP contribution >= 0.6 is 23.2 Å². The average Bonchev–Trinajstić information content (AvgIpc) is 3.42. The number of halogens is 2. The molecule has 0 radical (unpaired) electrons. The standard InChI is InChI=1S/C28H32Cl2N2O3/c29-23-9-8-21(25(30)17-23)12-15-32-27(35)31(18-19-4-1-2-5-19)26(34)28(32)13-10-20(11-14-28)22-6-3-7-24(33)16-22/h3,6-9,16-17,19-20,33H,1-2,4-5,10-15,18H2. The van der Waals surface area contributed by atoms with Crippen LogP contribution in [0.1, 0.15) is 68.4 Å². The van der Waals surface area contributed by atoms with E-state index in [1.807, 2.05) is 35.2 Å². The molecule has 186 valence electrons. The van der Waals surface area contributed by atoms with Crippen LogP contribution in [0.25, 0.3) is 0 Å². The first-order valence-corrected chi connectivity index (χ1v) is 13.5. The number of rotatable bonds is 6. The van der Waals surface area contributed by atoms with E-state index in [-0.39, 0.29) is 23.6 Å². The van der Waals surface area contributed by atoms with Crippen LogP contribution in [-0.4, -0.2) is 45.5 Å². The van der Waals surface area contributed by atoms with Crippen LogP contribution in [0.5, 0.6) is 5.75 Å². The number of phenols is 1. The van der Waals surface area contributed by atoms with Gasteiger partial charge in [0, 0.05) is 23.1 Å². The Labute approximate surface area is 217 Å². The molecule has 35 heavy (non-hydrogen) atoms. The highest BCUT2D eigenvalue weighted by Gasteiger charge is 2.58. The molecule has 1 spiro atoms. The first kappa shape index (κ1) is 24.5. The van der Waals surface area contributed by atoms with Gasteiger partial charge >= 0.3 is 6.03 Å². The predicted molar refractivity (Wildman–Crippen MR) is 138 cm³/mol. The fraction of sp³-hybridized carbons (Fsp3) is 0.500. The summed E-state index contributed by atoms with van der Waals surface area (Å²) >= 11 is 12.5. The van der Waals surface area contributed by atoms with Crippen molar-refractivity contribution in [2.75, 3.05) is 13.1 Å². The van der Waals surface area contributed by atoms with E-state index >= 15 is 0 Å². The largest absolute Gasteiger partial charge is 0.508 e. The second kappa shape index (κ2) is 10.0. The average molecular weight is 515 g/mol. The van der Waals surface area contributed by atoms with Crippen molar-refractivity contribution in [3.05, 3.63) is 63.6 Å². The van der Waals surface area contributed by atoms with Crippen LogP contribution in [0.15, 0.2) is 42.5 Å². The smallest absolute Gasteiger partial charge is 0.327 e. The Morgan fingerprint density at radius 3 is 2.40 bits per heavy atom. The number of hydrogen-bond acceptors (Lipinski definition) is 3. The van der Waals surface area contributed by atoms with Gasteiger partial charge in [0.1, 0.15) is 11.3 Å². The third-order valence-corrected chi connectivity index (χ3v) is 8.90. The summed E-state index contributed by atoms with van der Waals surface area (Å²) in [7, 11) is 0. The first-order valence-electron chi connectivity index (χ1n) is 12.7. The fourth-order valence-corrected chi connectivity index (χ4v) is 6.86. The number of hydrogen-bond donors (Lipinski definition) is 1. The van der Waals surface area contributed by atoms with Gasteiger partial charge in [-0.25, -0.2) is 4.79 Å². The molecule has 1 aliphatic heterocycles. The van der Waals surface area contributed by atoms with Crippen LogP contribution in [0.4, 0.5) is 4.79 Å². The quantitative estimate of drug-likeness (QED) is 0.431. The minimum absolute atomic E-state index is 0.0223. The Kier molecular flexibility index (Phi) is 7.00. The number of aromatic hydroxyl groups is 1. The molecule has 0 bridgehead atoms. The Bertz CT molecular complexity index is 1110. The van der Waals surface area contributed by atoms with Crippen molar-refractivity contribution in [3.8, 4) is 5.75 Å². The lowest BCUT2D eigenvalue weighted by molar-refractivity contribution is -0.135. The number of phenolic OH excluding ortho intramolecular Hbond substituents is 1. The highest BCUT2D eigenvalue weighted by atomic mass is 35.5. The molecule has 5 rings (SSSR count). The highest BCUT2D eigenvalue weighted by molar-refractivity contribution is 6.35. The summed E-state index contributed by atoms with van der Waals surface area (Å²) in [5.41, 5.74) is 1.23. The van der Waals surface area contributed by atoms with Gasteiger partial charge in [0.2, 0.25) is 0 Å². The molecule has 2 aliphatic carbocycles. The van der Waals surface area contributed by atoms with Crippen LogP contribution in [0.2, 0.25) is 10.0 Å². The molecule has 1 heterocycles. The van der Waals surface area contributed by atoms with Crippen molar-refractivity contribution < 1.29 is 14.7 Å².